The number of Topliss-reactive ketones (excluding diaryl/α,β-unsaturated/α-hetero) is 1. The standard InChI is InChI=1S/C12H16Br2N2OS/c1-15(2)8-3-4-16(6-8)7-10(17)9-5-11(13)18-12(9)14/h5,8H,3-4,6-7H2,1-2H3. The van der Waals surface area contributed by atoms with Crippen LogP contribution in [0.15, 0.2) is 13.6 Å². The minimum Gasteiger partial charge on any atom is -0.305 e. The molecule has 2 rings (SSSR count). The Labute approximate surface area is 128 Å². The molecule has 0 aliphatic carbocycles. The predicted molar refractivity (Wildman–Crippen MR) is 82.6 cm³/mol. The maximum atomic E-state index is 12.2. The number of carbonyl (C=O) groups excluding carboxylic acids is 1. The molecule has 1 aromatic heterocycles. The lowest BCUT2D eigenvalue weighted by Gasteiger charge is -2.19. The average molecular weight is 396 g/mol. The number of likely N-dealkylation sites (N-methyl/N-ethyl adjacent to an activating group) is 1. The molecule has 1 fully saturated rings. The first kappa shape index (κ1) is 14.7. The van der Waals surface area contributed by atoms with E-state index in [9.17, 15) is 4.79 Å². The van der Waals surface area contributed by atoms with Gasteiger partial charge in [0.25, 0.3) is 0 Å². The van der Waals surface area contributed by atoms with Crippen LogP contribution in [-0.4, -0.2) is 55.4 Å². The van der Waals surface area contributed by atoms with Gasteiger partial charge in [-0.15, -0.1) is 11.3 Å². The summed E-state index contributed by atoms with van der Waals surface area (Å²) in [6.07, 6.45) is 1.15. The third-order valence-corrected chi connectivity index (χ3v) is 5.64. The number of thiophene rings is 1. The third-order valence-electron chi connectivity index (χ3n) is 3.30. The van der Waals surface area contributed by atoms with Crippen molar-refractivity contribution in [3.63, 3.8) is 0 Å². The Hall–Kier alpha value is 0.250. The molecule has 1 aliphatic rings. The van der Waals surface area contributed by atoms with Crippen LogP contribution in [0.1, 0.15) is 16.8 Å². The Balaban J connectivity index is 1.95. The van der Waals surface area contributed by atoms with Crippen LogP contribution in [0, 0.1) is 0 Å². The van der Waals surface area contributed by atoms with Crippen molar-refractivity contribution in [2.24, 2.45) is 0 Å². The van der Waals surface area contributed by atoms with Crippen molar-refractivity contribution in [1.29, 1.82) is 0 Å². The number of halogens is 2. The van der Waals surface area contributed by atoms with Crippen molar-refractivity contribution >= 4 is 49.0 Å². The molecule has 1 atom stereocenters. The molecule has 2 heterocycles. The fourth-order valence-electron chi connectivity index (χ4n) is 2.20. The number of ketones is 1. The lowest BCUT2D eigenvalue weighted by Crippen LogP contribution is -2.33. The zero-order valence-corrected chi connectivity index (χ0v) is 14.4. The van der Waals surface area contributed by atoms with Crippen molar-refractivity contribution in [2.75, 3.05) is 33.7 Å². The monoisotopic (exact) mass is 394 g/mol. The molecule has 6 heteroatoms. The number of nitrogens with zero attached hydrogens (tertiary/aromatic N) is 2. The molecule has 0 spiro atoms. The van der Waals surface area contributed by atoms with Gasteiger partial charge in [-0.25, -0.2) is 0 Å². The Kier molecular flexibility index (Phi) is 4.99. The van der Waals surface area contributed by atoms with Gasteiger partial charge in [-0.3, -0.25) is 9.69 Å². The van der Waals surface area contributed by atoms with Gasteiger partial charge in [-0.05, 0) is 58.4 Å². The minimum atomic E-state index is 0.197. The molecule has 0 radical (unpaired) electrons. The number of hydrogen-bond acceptors (Lipinski definition) is 4. The summed E-state index contributed by atoms with van der Waals surface area (Å²) >= 11 is 8.40. The van der Waals surface area contributed by atoms with E-state index in [-0.39, 0.29) is 5.78 Å². The summed E-state index contributed by atoms with van der Waals surface area (Å²) in [5, 5.41) is 0. The van der Waals surface area contributed by atoms with Crippen molar-refractivity contribution in [3.8, 4) is 0 Å². The molecular weight excluding hydrogens is 380 g/mol. The molecule has 1 aliphatic heterocycles. The van der Waals surface area contributed by atoms with Gasteiger partial charge < -0.3 is 4.90 Å². The maximum absolute atomic E-state index is 12.2. The van der Waals surface area contributed by atoms with E-state index in [1.807, 2.05) is 6.07 Å². The molecule has 0 bridgehead atoms. The lowest BCUT2D eigenvalue weighted by atomic mass is 10.2. The Bertz CT molecular complexity index is 447. The smallest absolute Gasteiger partial charge is 0.178 e. The molecule has 0 N–H and O–H groups in total. The van der Waals surface area contributed by atoms with Crippen molar-refractivity contribution in [2.45, 2.75) is 12.5 Å². The fourth-order valence-corrected chi connectivity index (χ4v) is 5.05. The van der Waals surface area contributed by atoms with Crippen LogP contribution < -0.4 is 0 Å². The lowest BCUT2D eigenvalue weighted by molar-refractivity contribution is 0.0941. The maximum Gasteiger partial charge on any atom is 0.178 e. The largest absolute Gasteiger partial charge is 0.305 e. The van der Waals surface area contributed by atoms with Gasteiger partial charge in [0.05, 0.1) is 14.1 Å². The van der Waals surface area contributed by atoms with Crippen molar-refractivity contribution in [3.05, 3.63) is 19.2 Å². The molecule has 100 valence electrons. The van der Waals surface area contributed by atoms with Crippen LogP contribution >= 0.6 is 43.2 Å². The molecule has 18 heavy (non-hydrogen) atoms. The summed E-state index contributed by atoms with van der Waals surface area (Å²) in [4.78, 5) is 16.7. The van der Waals surface area contributed by atoms with E-state index in [4.69, 9.17) is 0 Å². The van der Waals surface area contributed by atoms with Crippen LogP contribution in [0.2, 0.25) is 0 Å². The summed E-state index contributed by atoms with van der Waals surface area (Å²) in [7, 11) is 4.20. The van der Waals surface area contributed by atoms with Gasteiger partial charge in [0.15, 0.2) is 5.78 Å². The normalized spacial score (nSPS) is 20.8. The van der Waals surface area contributed by atoms with Crippen LogP contribution in [0.25, 0.3) is 0 Å². The van der Waals surface area contributed by atoms with E-state index in [1.165, 1.54) is 0 Å². The van der Waals surface area contributed by atoms with Crippen LogP contribution in [0.5, 0.6) is 0 Å². The Morgan fingerprint density at radius 3 is 2.78 bits per heavy atom. The molecule has 1 saturated heterocycles. The van der Waals surface area contributed by atoms with E-state index in [1.54, 1.807) is 11.3 Å². The first-order valence-electron chi connectivity index (χ1n) is 5.84. The van der Waals surface area contributed by atoms with E-state index in [2.05, 4.69) is 55.8 Å². The summed E-state index contributed by atoms with van der Waals surface area (Å²) < 4.78 is 1.91. The summed E-state index contributed by atoms with van der Waals surface area (Å²) in [6, 6.07) is 2.48. The molecule has 0 saturated carbocycles. The molecule has 1 unspecified atom stereocenters. The summed E-state index contributed by atoms with van der Waals surface area (Å²) in [6.45, 7) is 2.52. The van der Waals surface area contributed by atoms with Gasteiger partial charge in [-0.2, -0.15) is 0 Å². The number of rotatable bonds is 4. The van der Waals surface area contributed by atoms with Gasteiger partial charge in [0.2, 0.25) is 0 Å². The van der Waals surface area contributed by atoms with Gasteiger partial charge >= 0.3 is 0 Å². The second-order valence-corrected chi connectivity index (χ2v) is 8.55. The number of likely N-dealkylation sites (tertiary alicyclic amines) is 1. The highest BCUT2D eigenvalue weighted by Gasteiger charge is 2.26. The van der Waals surface area contributed by atoms with E-state index in [0.29, 0.717) is 12.6 Å². The van der Waals surface area contributed by atoms with E-state index >= 15 is 0 Å². The second-order valence-electron chi connectivity index (χ2n) is 4.80. The van der Waals surface area contributed by atoms with E-state index in [0.717, 1.165) is 32.6 Å². The summed E-state index contributed by atoms with van der Waals surface area (Å²) in [5.41, 5.74) is 0.792. The zero-order chi connectivity index (χ0) is 13.3. The zero-order valence-electron chi connectivity index (χ0n) is 10.4. The van der Waals surface area contributed by atoms with Crippen LogP contribution in [0.4, 0.5) is 0 Å². The van der Waals surface area contributed by atoms with Crippen molar-refractivity contribution < 1.29 is 4.79 Å². The minimum absolute atomic E-state index is 0.197. The Morgan fingerprint density at radius 2 is 2.28 bits per heavy atom. The first-order valence-corrected chi connectivity index (χ1v) is 8.24. The quantitative estimate of drug-likeness (QED) is 0.732. The highest BCUT2D eigenvalue weighted by Crippen LogP contribution is 2.32. The fraction of sp³-hybridized carbons (Fsp3) is 0.583. The highest BCUT2D eigenvalue weighted by molar-refractivity contribution is 9.12. The highest BCUT2D eigenvalue weighted by atomic mass is 79.9. The Morgan fingerprint density at radius 1 is 1.56 bits per heavy atom. The SMILES string of the molecule is CN(C)C1CCN(CC(=O)c2cc(Br)sc2Br)C1. The van der Waals surface area contributed by atoms with Crippen LogP contribution in [0.3, 0.4) is 0 Å². The average Bonchev–Trinajstić information content (AvgIpc) is 2.85. The summed E-state index contributed by atoms with van der Waals surface area (Å²) in [5.74, 6) is 0.197. The molecule has 1 aromatic rings. The first-order chi connectivity index (χ1) is 8.47. The van der Waals surface area contributed by atoms with Gasteiger partial charge in [0.1, 0.15) is 0 Å². The molecule has 3 nitrogen and oxygen atoms in total. The molecular formula is C12H16Br2N2OS. The van der Waals surface area contributed by atoms with E-state index < -0.39 is 0 Å². The predicted octanol–water partition coefficient (Wildman–Crippen LogP) is 3.09. The number of carbonyl (C=O) groups is 1. The van der Waals surface area contributed by atoms with Gasteiger partial charge in [0, 0.05) is 24.7 Å². The van der Waals surface area contributed by atoms with Crippen molar-refractivity contribution in [1.82, 2.24) is 9.80 Å². The van der Waals surface area contributed by atoms with Crippen LogP contribution in [-0.2, 0) is 0 Å². The topological polar surface area (TPSA) is 23.6 Å². The molecule has 0 aromatic carbocycles. The third kappa shape index (κ3) is 3.42. The van der Waals surface area contributed by atoms with Gasteiger partial charge in [-0.1, -0.05) is 0 Å². The molecule has 0 amide bonds. The number of hydrogen-bond donors (Lipinski definition) is 0. The second kappa shape index (κ2) is 6.13.